The van der Waals surface area contributed by atoms with Gasteiger partial charge in [0.25, 0.3) is 0 Å². The van der Waals surface area contributed by atoms with E-state index in [1.807, 2.05) is 44.2 Å². The minimum Gasteiger partial charge on any atom is -0.508 e. The SMILES string of the molecule is C=Cc1ccc(OCC(CO)CSF)nc1/C=C\C.Cc1ccc(O)cc1. The van der Waals surface area contributed by atoms with Crippen molar-refractivity contribution in [2.24, 2.45) is 5.92 Å². The average molecular weight is 392 g/mol. The van der Waals surface area contributed by atoms with Crippen molar-refractivity contribution < 1.29 is 18.8 Å². The number of hydrogen-bond donors (Lipinski definition) is 2. The molecule has 0 bridgehead atoms. The van der Waals surface area contributed by atoms with Crippen molar-refractivity contribution in [1.29, 1.82) is 0 Å². The van der Waals surface area contributed by atoms with Crippen molar-refractivity contribution in [1.82, 2.24) is 4.98 Å². The number of rotatable bonds is 8. The zero-order valence-electron chi connectivity index (χ0n) is 15.6. The van der Waals surface area contributed by atoms with Crippen LogP contribution in [0.4, 0.5) is 3.89 Å². The van der Waals surface area contributed by atoms with E-state index in [0.717, 1.165) is 11.3 Å². The summed E-state index contributed by atoms with van der Waals surface area (Å²) >= 11 is 0.202. The molecule has 2 N–H and O–H groups in total. The molecule has 0 aliphatic heterocycles. The molecular formula is C21H26FNO3S. The Hall–Kier alpha value is -2.31. The van der Waals surface area contributed by atoms with Crippen LogP contribution in [0.2, 0.25) is 0 Å². The molecule has 0 saturated carbocycles. The highest BCUT2D eigenvalue weighted by Crippen LogP contribution is 2.17. The summed E-state index contributed by atoms with van der Waals surface area (Å²) in [6.07, 6.45) is 5.47. The quantitative estimate of drug-likeness (QED) is 0.658. The third-order valence-corrected chi connectivity index (χ3v) is 4.13. The van der Waals surface area contributed by atoms with Crippen LogP contribution in [0, 0.1) is 12.8 Å². The lowest BCUT2D eigenvalue weighted by Crippen LogP contribution is -2.18. The number of halogens is 1. The highest BCUT2D eigenvalue weighted by atomic mass is 32.2. The summed E-state index contributed by atoms with van der Waals surface area (Å²) in [4.78, 5) is 4.34. The first-order valence-corrected chi connectivity index (χ1v) is 9.41. The first kappa shape index (κ1) is 22.7. The molecule has 0 aliphatic rings. The highest BCUT2D eigenvalue weighted by Gasteiger charge is 2.10. The normalized spacial score (nSPS) is 11.6. The Bertz CT molecular complexity index is 699. The Balaban J connectivity index is 0.000000377. The number of pyridine rings is 1. The van der Waals surface area contributed by atoms with Crippen molar-refractivity contribution in [2.45, 2.75) is 13.8 Å². The van der Waals surface area contributed by atoms with Crippen molar-refractivity contribution in [3.8, 4) is 11.6 Å². The van der Waals surface area contributed by atoms with Gasteiger partial charge in [0.1, 0.15) is 5.75 Å². The summed E-state index contributed by atoms with van der Waals surface area (Å²) in [5.41, 5.74) is 2.86. The van der Waals surface area contributed by atoms with Gasteiger partial charge in [0.05, 0.1) is 18.9 Å². The highest BCUT2D eigenvalue weighted by molar-refractivity contribution is 7.94. The molecule has 1 heterocycles. The van der Waals surface area contributed by atoms with Crippen LogP contribution >= 0.6 is 12.1 Å². The van der Waals surface area contributed by atoms with Gasteiger partial charge in [-0.25, -0.2) is 4.98 Å². The largest absolute Gasteiger partial charge is 0.508 e. The summed E-state index contributed by atoms with van der Waals surface area (Å²) in [5, 5.41) is 17.8. The molecule has 2 aromatic rings. The van der Waals surface area contributed by atoms with Crippen LogP contribution < -0.4 is 4.74 Å². The number of aliphatic hydroxyl groups is 1. The lowest BCUT2D eigenvalue weighted by atomic mass is 10.2. The van der Waals surface area contributed by atoms with Crippen molar-refractivity contribution in [2.75, 3.05) is 19.0 Å². The number of phenols is 1. The monoisotopic (exact) mass is 391 g/mol. The predicted molar refractivity (Wildman–Crippen MR) is 112 cm³/mol. The molecule has 0 saturated heterocycles. The number of aliphatic hydroxyl groups excluding tert-OH is 1. The Labute approximate surface area is 164 Å². The van der Waals surface area contributed by atoms with Crippen LogP contribution in [0.1, 0.15) is 23.7 Å². The summed E-state index contributed by atoms with van der Waals surface area (Å²) in [7, 11) is 0. The number of aromatic nitrogens is 1. The smallest absolute Gasteiger partial charge is 0.213 e. The molecule has 0 radical (unpaired) electrons. The van der Waals surface area contributed by atoms with Gasteiger partial charge in [-0.1, -0.05) is 36.4 Å². The third kappa shape index (κ3) is 8.75. The number of nitrogens with zero attached hydrogens (tertiary/aromatic N) is 1. The van der Waals surface area contributed by atoms with Crippen molar-refractivity contribution in [3.63, 3.8) is 0 Å². The van der Waals surface area contributed by atoms with E-state index in [4.69, 9.17) is 14.9 Å². The number of hydrogen-bond acceptors (Lipinski definition) is 5. The van der Waals surface area contributed by atoms with Crippen LogP contribution in [0.15, 0.2) is 49.1 Å². The molecule has 4 nitrogen and oxygen atoms in total. The van der Waals surface area contributed by atoms with E-state index in [1.54, 1.807) is 24.3 Å². The summed E-state index contributed by atoms with van der Waals surface area (Å²) < 4.78 is 17.6. The van der Waals surface area contributed by atoms with E-state index in [-0.39, 0.29) is 37.0 Å². The second kappa shape index (κ2) is 12.9. The summed E-state index contributed by atoms with van der Waals surface area (Å²) in [6, 6.07) is 10.7. The lowest BCUT2D eigenvalue weighted by molar-refractivity contribution is 0.173. The van der Waals surface area contributed by atoms with Gasteiger partial charge in [-0.15, -0.1) is 0 Å². The molecule has 27 heavy (non-hydrogen) atoms. The first-order chi connectivity index (χ1) is 13.0. The number of ether oxygens (including phenoxy) is 1. The fourth-order valence-electron chi connectivity index (χ4n) is 2.00. The molecule has 2 rings (SSSR count). The zero-order valence-corrected chi connectivity index (χ0v) is 16.5. The van der Waals surface area contributed by atoms with Gasteiger partial charge in [-0.2, -0.15) is 3.89 Å². The lowest BCUT2D eigenvalue weighted by Gasteiger charge is -2.13. The van der Waals surface area contributed by atoms with Gasteiger partial charge >= 0.3 is 0 Å². The van der Waals surface area contributed by atoms with E-state index in [9.17, 15) is 3.89 Å². The number of benzene rings is 1. The molecule has 1 atom stereocenters. The standard InChI is InChI=1S/C14H18FNO2S.C7H8O/c1-3-5-13-12(4-2)6-7-14(16-13)18-9-11(8-17)10-19-15;1-6-2-4-7(8)5-3-6/h3-7,11,17H,2,8-10H2,1H3;2-5,8H,1H3/b5-3-;. The summed E-state index contributed by atoms with van der Waals surface area (Å²) in [5.74, 6) is 0.765. The zero-order chi connectivity index (χ0) is 20.1. The summed E-state index contributed by atoms with van der Waals surface area (Å²) in [6.45, 7) is 7.75. The second-order valence-electron chi connectivity index (χ2n) is 5.80. The third-order valence-electron chi connectivity index (χ3n) is 3.53. The van der Waals surface area contributed by atoms with E-state index in [1.165, 1.54) is 5.56 Å². The van der Waals surface area contributed by atoms with Crippen LogP contribution in [0.25, 0.3) is 12.2 Å². The first-order valence-electron chi connectivity index (χ1n) is 8.53. The fraction of sp³-hybridized carbons (Fsp3) is 0.286. The number of allylic oxidation sites excluding steroid dienone is 1. The molecule has 1 unspecified atom stereocenters. The molecule has 0 aliphatic carbocycles. The van der Waals surface area contributed by atoms with Gasteiger partial charge in [-0.3, -0.25) is 0 Å². The van der Waals surface area contributed by atoms with Crippen molar-refractivity contribution >= 4 is 24.3 Å². The Morgan fingerprint density at radius 2 is 1.96 bits per heavy atom. The van der Waals surface area contributed by atoms with Crippen LogP contribution in [-0.4, -0.2) is 34.2 Å². The maximum absolute atomic E-state index is 12.1. The fourth-order valence-corrected chi connectivity index (χ4v) is 2.38. The topological polar surface area (TPSA) is 62.6 Å². The molecule has 1 aromatic carbocycles. The van der Waals surface area contributed by atoms with Gasteiger partial charge in [-0.05, 0) is 43.7 Å². The van der Waals surface area contributed by atoms with E-state index < -0.39 is 0 Å². The van der Waals surface area contributed by atoms with Gasteiger partial charge in [0.2, 0.25) is 5.88 Å². The molecule has 6 heteroatoms. The number of phenolic OH excluding ortho intramolecular Hbond substituents is 1. The predicted octanol–water partition coefficient (Wildman–Crippen LogP) is 5.06. The molecule has 146 valence electrons. The molecule has 1 aromatic heterocycles. The Morgan fingerprint density at radius 1 is 1.26 bits per heavy atom. The van der Waals surface area contributed by atoms with E-state index >= 15 is 0 Å². The van der Waals surface area contributed by atoms with Gasteiger partial charge < -0.3 is 14.9 Å². The Morgan fingerprint density at radius 3 is 2.48 bits per heavy atom. The molecule has 0 amide bonds. The molecule has 0 spiro atoms. The molecule has 0 fully saturated rings. The number of aromatic hydroxyl groups is 1. The van der Waals surface area contributed by atoms with Crippen LogP contribution in [0.5, 0.6) is 11.6 Å². The maximum atomic E-state index is 12.1. The van der Waals surface area contributed by atoms with Crippen molar-refractivity contribution in [3.05, 3.63) is 65.9 Å². The van der Waals surface area contributed by atoms with E-state index in [2.05, 4.69) is 11.6 Å². The number of aryl methyl sites for hydroxylation is 1. The van der Waals surface area contributed by atoms with Crippen LogP contribution in [-0.2, 0) is 0 Å². The van der Waals surface area contributed by atoms with Gasteiger partial charge in [0.15, 0.2) is 0 Å². The van der Waals surface area contributed by atoms with E-state index in [0.29, 0.717) is 11.6 Å². The average Bonchev–Trinajstić information content (AvgIpc) is 2.68. The van der Waals surface area contributed by atoms with Gasteiger partial charge in [0, 0.05) is 29.9 Å². The maximum Gasteiger partial charge on any atom is 0.213 e. The second-order valence-corrected chi connectivity index (χ2v) is 6.35. The minimum atomic E-state index is -0.235. The Kier molecular flexibility index (Phi) is 10.9. The molecular weight excluding hydrogens is 365 g/mol. The minimum absolute atomic E-state index is 0.108. The van der Waals surface area contributed by atoms with Crippen LogP contribution in [0.3, 0.4) is 0 Å².